The zero-order chi connectivity index (χ0) is 11.3. The van der Waals surface area contributed by atoms with E-state index in [-0.39, 0.29) is 18.3 Å². The molecule has 0 aliphatic rings. The van der Waals surface area contributed by atoms with Gasteiger partial charge in [-0.15, -0.1) is 0 Å². The van der Waals surface area contributed by atoms with Gasteiger partial charge in [-0.3, -0.25) is 4.79 Å². The molecule has 0 aliphatic carbocycles. The fourth-order valence-corrected chi connectivity index (χ4v) is 1.32. The van der Waals surface area contributed by atoms with Crippen molar-refractivity contribution >= 4 is 5.91 Å². The standard InChI is InChI=1S/C10H16N2O3/c1-3-12(5-4-6-13)10(14)9-8(2)11-7-15-9/h7,13H,3-6H2,1-2H3. The molecule has 0 aliphatic heterocycles. The first-order valence-electron chi connectivity index (χ1n) is 5.01. The van der Waals surface area contributed by atoms with Crippen molar-refractivity contribution in [1.29, 1.82) is 0 Å². The number of carbonyl (C=O) groups is 1. The fraction of sp³-hybridized carbons (Fsp3) is 0.600. The lowest BCUT2D eigenvalue weighted by Gasteiger charge is -2.18. The predicted octanol–water partition coefficient (Wildman–Crippen LogP) is 0.828. The summed E-state index contributed by atoms with van der Waals surface area (Å²) in [5.41, 5.74) is 0.599. The van der Waals surface area contributed by atoms with Gasteiger partial charge in [0.1, 0.15) is 0 Å². The monoisotopic (exact) mass is 212 g/mol. The molecule has 15 heavy (non-hydrogen) atoms. The van der Waals surface area contributed by atoms with Gasteiger partial charge in [0.2, 0.25) is 5.76 Å². The van der Waals surface area contributed by atoms with Crippen LogP contribution in [0.5, 0.6) is 0 Å². The number of carbonyl (C=O) groups excluding carboxylic acids is 1. The van der Waals surface area contributed by atoms with Crippen LogP contribution in [0.1, 0.15) is 29.6 Å². The van der Waals surface area contributed by atoms with Gasteiger partial charge in [0, 0.05) is 19.7 Å². The minimum atomic E-state index is -0.166. The maximum Gasteiger partial charge on any atom is 0.291 e. The van der Waals surface area contributed by atoms with Crippen LogP contribution in [0.15, 0.2) is 10.8 Å². The lowest BCUT2D eigenvalue weighted by Crippen LogP contribution is -2.32. The molecule has 0 atom stereocenters. The van der Waals surface area contributed by atoms with Crippen molar-refractivity contribution in [3.63, 3.8) is 0 Å². The molecule has 0 unspecified atom stereocenters. The Hall–Kier alpha value is -1.36. The second-order valence-corrected chi connectivity index (χ2v) is 3.23. The van der Waals surface area contributed by atoms with Gasteiger partial charge in [0.25, 0.3) is 5.91 Å². The van der Waals surface area contributed by atoms with Gasteiger partial charge in [0.15, 0.2) is 6.39 Å². The Bertz CT molecular complexity index is 322. The zero-order valence-corrected chi connectivity index (χ0v) is 9.06. The second-order valence-electron chi connectivity index (χ2n) is 3.23. The number of aromatic nitrogens is 1. The van der Waals surface area contributed by atoms with Crippen LogP contribution in [0.4, 0.5) is 0 Å². The maximum absolute atomic E-state index is 11.9. The van der Waals surface area contributed by atoms with Crippen LogP contribution in [0.3, 0.4) is 0 Å². The first-order valence-corrected chi connectivity index (χ1v) is 5.01. The number of rotatable bonds is 5. The molecule has 1 heterocycles. The molecule has 0 radical (unpaired) electrons. The third kappa shape index (κ3) is 2.79. The Kier molecular flexibility index (Phi) is 4.30. The van der Waals surface area contributed by atoms with Crippen LogP contribution in [0.25, 0.3) is 0 Å². The average molecular weight is 212 g/mol. The van der Waals surface area contributed by atoms with Crippen LogP contribution < -0.4 is 0 Å². The lowest BCUT2D eigenvalue weighted by atomic mass is 10.3. The van der Waals surface area contributed by atoms with Gasteiger partial charge >= 0.3 is 0 Å². The Morgan fingerprint density at radius 3 is 2.87 bits per heavy atom. The highest BCUT2D eigenvalue weighted by molar-refractivity contribution is 5.92. The molecule has 5 heteroatoms. The zero-order valence-electron chi connectivity index (χ0n) is 9.06. The molecule has 1 rings (SSSR count). The molecule has 84 valence electrons. The van der Waals surface area contributed by atoms with Crippen molar-refractivity contribution in [2.75, 3.05) is 19.7 Å². The van der Waals surface area contributed by atoms with E-state index in [1.165, 1.54) is 6.39 Å². The van der Waals surface area contributed by atoms with Gasteiger partial charge in [-0.2, -0.15) is 0 Å². The molecular formula is C10H16N2O3. The van der Waals surface area contributed by atoms with Crippen LogP contribution in [-0.2, 0) is 0 Å². The van der Waals surface area contributed by atoms with Gasteiger partial charge in [-0.05, 0) is 20.3 Å². The largest absolute Gasteiger partial charge is 0.438 e. The molecule has 1 aromatic rings. The van der Waals surface area contributed by atoms with Gasteiger partial charge in [-0.25, -0.2) is 4.98 Å². The van der Waals surface area contributed by atoms with Crippen molar-refractivity contribution in [2.24, 2.45) is 0 Å². The Morgan fingerprint density at radius 1 is 1.67 bits per heavy atom. The number of aliphatic hydroxyl groups is 1. The van der Waals surface area contributed by atoms with Crippen LogP contribution in [0.2, 0.25) is 0 Å². The Morgan fingerprint density at radius 2 is 2.40 bits per heavy atom. The number of oxazole rings is 1. The maximum atomic E-state index is 11.9. The third-order valence-corrected chi connectivity index (χ3v) is 2.19. The number of aryl methyl sites for hydroxylation is 1. The number of amides is 1. The van der Waals surface area contributed by atoms with Crippen molar-refractivity contribution in [3.05, 3.63) is 17.8 Å². The highest BCUT2D eigenvalue weighted by Gasteiger charge is 2.19. The number of aliphatic hydroxyl groups excluding tert-OH is 1. The van der Waals surface area contributed by atoms with E-state index < -0.39 is 0 Å². The van der Waals surface area contributed by atoms with Crippen LogP contribution >= 0.6 is 0 Å². The van der Waals surface area contributed by atoms with Gasteiger partial charge in [-0.1, -0.05) is 0 Å². The summed E-state index contributed by atoms with van der Waals surface area (Å²) in [5, 5.41) is 8.70. The van der Waals surface area contributed by atoms with Crippen molar-refractivity contribution < 1.29 is 14.3 Å². The van der Waals surface area contributed by atoms with E-state index in [4.69, 9.17) is 9.52 Å². The molecule has 0 bridgehead atoms. The molecule has 0 aromatic carbocycles. The molecule has 1 N–H and O–H groups in total. The van der Waals surface area contributed by atoms with E-state index in [0.717, 1.165) is 0 Å². The molecule has 1 amide bonds. The average Bonchev–Trinajstić information content (AvgIpc) is 2.65. The summed E-state index contributed by atoms with van der Waals surface area (Å²) in [6.45, 7) is 4.84. The number of nitrogens with zero attached hydrogens (tertiary/aromatic N) is 2. The summed E-state index contributed by atoms with van der Waals surface area (Å²) in [6, 6.07) is 0. The second kappa shape index (κ2) is 5.50. The minimum absolute atomic E-state index is 0.0825. The normalized spacial score (nSPS) is 10.3. The molecule has 0 spiro atoms. The summed E-state index contributed by atoms with van der Waals surface area (Å²) in [7, 11) is 0. The first-order chi connectivity index (χ1) is 7.20. The predicted molar refractivity (Wildman–Crippen MR) is 54.5 cm³/mol. The Balaban J connectivity index is 2.69. The third-order valence-electron chi connectivity index (χ3n) is 2.19. The summed E-state index contributed by atoms with van der Waals surface area (Å²) >= 11 is 0. The van der Waals surface area contributed by atoms with Crippen molar-refractivity contribution in [3.8, 4) is 0 Å². The summed E-state index contributed by atoms with van der Waals surface area (Å²) in [5.74, 6) is 0.121. The number of hydrogen-bond donors (Lipinski definition) is 1. The summed E-state index contributed by atoms with van der Waals surface area (Å²) in [4.78, 5) is 17.4. The van der Waals surface area contributed by atoms with E-state index in [1.54, 1.807) is 11.8 Å². The fourth-order valence-electron chi connectivity index (χ4n) is 1.32. The van der Waals surface area contributed by atoms with Gasteiger partial charge in [0.05, 0.1) is 5.69 Å². The van der Waals surface area contributed by atoms with Gasteiger partial charge < -0.3 is 14.4 Å². The quantitative estimate of drug-likeness (QED) is 0.785. The van der Waals surface area contributed by atoms with Crippen LogP contribution in [0, 0.1) is 6.92 Å². The van der Waals surface area contributed by atoms with E-state index in [1.807, 2.05) is 6.92 Å². The summed E-state index contributed by atoms with van der Waals surface area (Å²) < 4.78 is 5.02. The Labute approximate surface area is 88.7 Å². The van der Waals surface area contributed by atoms with E-state index in [9.17, 15) is 4.79 Å². The molecule has 1 aromatic heterocycles. The van der Waals surface area contributed by atoms with E-state index >= 15 is 0 Å². The molecule has 0 saturated carbocycles. The molecule has 5 nitrogen and oxygen atoms in total. The van der Waals surface area contributed by atoms with Crippen molar-refractivity contribution in [2.45, 2.75) is 20.3 Å². The van der Waals surface area contributed by atoms with Crippen molar-refractivity contribution in [1.82, 2.24) is 9.88 Å². The first kappa shape index (κ1) is 11.7. The molecule has 0 fully saturated rings. The highest BCUT2D eigenvalue weighted by atomic mass is 16.3. The lowest BCUT2D eigenvalue weighted by molar-refractivity contribution is 0.0721. The number of hydrogen-bond acceptors (Lipinski definition) is 4. The molecule has 0 saturated heterocycles. The summed E-state index contributed by atoms with van der Waals surface area (Å²) in [6.07, 6.45) is 1.84. The minimum Gasteiger partial charge on any atom is -0.438 e. The van der Waals surface area contributed by atoms with Crippen LogP contribution in [-0.4, -0.2) is 40.6 Å². The topological polar surface area (TPSA) is 66.6 Å². The highest BCUT2D eigenvalue weighted by Crippen LogP contribution is 2.09. The van der Waals surface area contributed by atoms with E-state index in [2.05, 4.69) is 4.98 Å². The SMILES string of the molecule is CCN(CCCO)C(=O)c1ocnc1C. The molecular weight excluding hydrogens is 196 g/mol. The smallest absolute Gasteiger partial charge is 0.291 e. The van der Waals surface area contributed by atoms with E-state index in [0.29, 0.717) is 25.2 Å².